The SMILES string of the molecule is Cc1ccc(C(=O)OC[C@H]2COC(=O)N2)c(F)c1. The summed E-state index contributed by atoms with van der Waals surface area (Å²) in [4.78, 5) is 22.3. The largest absolute Gasteiger partial charge is 0.460 e. The van der Waals surface area contributed by atoms with Gasteiger partial charge in [0, 0.05) is 0 Å². The van der Waals surface area contributed by atoms with E-state index in [0.717, 1.165) is 5.56 Å². The molecule has 0 aromatic heterocycles. The van der Waals surface area contributed by atoms with Crippen LogP contribution in [0.4, 0.5) is 9.18 Å². The zero-order valence-electron chi connectivity index (χ0n) is 9.73. The Bertz CT molecular complexity index is 489. The normalized spacial score (nSPS) is 18.1. The molecule has 1 fully saturated rings. The number of nitrogens with one attached hydrogen (secondary N) is 1. The van der Waals surface area contributed by atoms with Gasteiger partial charge in [0.1, 0.15) is 25.1 Å². The first-order valence-electron chi connectivity index (χ1n) is 5.43. The van der Waals surface area contributed by atoms with E-state index in [-0.39, 0.29) is 24.8 Å². The monoisotopic (exact) mass is 253 g/mol. The third kappa shape index (κ3) is 2.77. The quantitative estimate of drug-likeness (QED) is 0.827. The van der Waals surface area contributed by atoms with Crippen molar-refractivity contribution in [2.24, 2.45) is 0 Å². The summed E-state index contributed by atoms with van der Waals surface area (Å²) in [5.74, 6) is -1.37. The molecule has 0 spiro atoms. The number of hydrogen-bond donors (Lipinski definition) is 1. The lowest BCUT2D eigenvalue weighted by Gasteiger charge is -2.09. The van der Waals surface area contributed by atoms with Gasteiger partial charge in [-0.05, 0) is 24.6 Å². The fourth-order valence-corrected chi connectivity index (χ4v) is 1.56. The summed E-state index contributed by atoms with van der Waals surface area (Å²) >= 11 is 0. The molecule has 18 heavy (non-hydrogen) atoms. The molecule has 1 aromatic rings. The maximum absolute atomic E-state index is 13.5. The Morgan fingerprint density at radius 1 is 1.61 bits per heavy atom. The zero-order chi connectivity index (χ0) is 13.1. The highest BCUT2D eigenvalue weighted by atomic mass is 19.1. The molecule has 0 saturated carbocycles. The third-order valence-corrected chi connectivity index (χ3v) is 2.50. The van der Waals surface area contributed by atoms with Gasteiger partial charge in [-0.3, -0.25) is 0 Å². The van der Waals surface area contributed by atoms with Crippen molar-refractivity contribution in [2.75, 3.05) is 13.2 Å². The van der Waals surface area contributed by atoms with Crippen molar-refractivity contribution in [1.82, 2.24) is 5.32 Å². The topological polar surface area (TPSA) is 64.6 Å². The Balaban J connectivity index is 1.93. The van der Waals surface area contributed by atoms with Crippen LogP contribution in [0.2, 0.25) is 0 Å². The van der Waals surface area contributed by atoms with Gasteiger partial charge in [0.2, 0.25) is 0 Å². The predicted molar refractivity (Wildman–Crippen MR) is 59.7 cm³/mol. The van der Waals surface area contributed by atoms with Crippen molar-refractivity contribution < 1.29 is 23.5 Å². The number of amides is 1. The average molecular weight is 253 g/mol. The van der Waals surface area contributed by atoms with Crippen molar-refractivity contribution in [3.63, 3.8) is 0 Å². The number of esters is 1. The van der Waals surface area contributed by atoms with Crippen LogP contribution in [0.15, 0.2) is 18.2 Å². The fourth-order valence-electron chi connectivity index (χ4n) is 1.56. The number of alkyl carbamates (subject to hydrolysis) is 1. The Kier molecular flexibility index (Phi) is 3.45. The van der Waals surface area contributed by atoms with Crippen LogP contribution >= 0.6 is 0 Å². The van der Waals surface area contributed by atoms with Crippen LogP contribution in [0.3, 0.4) is 0 Å². The second kappa shape index (κ2) is 5.03. The van der Waals surface area contributed by atoms with Crippen LogP contribution in [-0.2, 0) is 9.47 Å². The Labute approximate surface area is 103 Å². The Morgan fingerprint density at radius 2 is 2.39 bits per heavy atom. The number of cyclic esters (lactones) is 1. The first kappa shape index (κ1) is 12.3. The Hall–Kier alpha value is -2.11. The van der Waals surface area contributed by atoms with Crippen molar-refractivity contribution in [2.45, 2.75) is 13.0 Å². The lowest BCUT2D eigenvalue weighted by atomic mass is 10.1. The zero-order valence-corrected chi connectivity index (χ0v) is 9.73. The van der Waals surface area contributed by atoms with Gasteiger partial charge < -0.3 is 14.8 Å². The molecular formula is C12H12FNO4. The number of carbonyl (C=O) groups is 2. The summed E-state index contributed by atoms with van der Waals surface area (Å²) < 4.78 is 23.0. The van der Waals surface area contributed by atoms with E-state index in [1.165, 1.54) is 12.1 Å². The summed E-state index contributed by atoms with van der Waals surface area (Å²) in [7, 11) is 0. The number of ether oxygens (including phenoxy) is 2. The molecule has 5 nitrogen and oxygen atoms in total. The van der Waals surface area contributed by atoms with Crippen LogP contribution in [-0.4, -0.2) is 31.3 Å². The molecule has 2 rings (SSSR count). The standard InChI is InChI=1S/C12H12FNO4/c1-7-2-3-9(10(13)4-7)11(15)17-5-8-6-18-12(16)14-8/h2-4,8H,5-6H2,1H3,(H,14,16)/t8-/m0/s1. The van der Waals surface area contributed by atoms with Gasteiger partial charge in [-0.15, -0.1) is 0 Å². The highest BCUT2D eigenvalue weighted by molar-refractivity contribution is 5.89. The molecule has 1 atom stereocenters. The summed E-state index contributed by atoms with van der Waals surface area (Å²) in [6, 6.07) is 3.88. The maximum Gasteiger partial charge on any atom is 0.407 e. The van der Waals surface area contributed by atoms with Crippen LogP contribution in [0.25, 0.3) is 0 Å². The molecule has 0 radical (unpaired) electrons. The van der Waals surface area contributed by atoms with Gasteiger partial charge in [-0.2, -0.15) is 0 Å². The second-order valence-corrected chi connectivity index (χ2v) is 4.02. The van der Waals surface area contributed by atoms with E-state index in [1.807, 2.05) is 0 Å². The third-order valence-electron chi connectivity index (χ3n) is 2.50. The highest BCUT2D eigenvalue weighted by Crippen LogP contribution is 2.11. The minimum atomic E-state index is -0.756. The lowest BCUT2D eigenvalue weighted by Crippen LogP contribution is -2.32. The van der Waals surface area contributed by atoms with Crippen LogP contribution in [0.5, 0.6) is 0 Å². The summed E-state index contributed by atoms with van der Waals surface area (Å²) in [5, 5.41) is 2.45. The van der Waals surface area contributed by atoms with E-state index >= 15 is 0 Å². The first-order valence-corrected chi connectivity index (χ1v) is 5.43. The van der Waals surface area contributed by atoms with E-state index in [9.17, 15) is 14.0 Å². The number of rotatable bonds is 3. The molecule has 1 amide bonds. The number of benzene rings is 1. The van der Waals surface area contributed by atoms with Crippen LogP contribution < -0.4 is 5.32 Å². The molecule has 96 valence electrons. The highest BCUT2D eigenvalue weighted by Gasteiger charge is 2.24. The lowest BCUT2D eigenvalue weighted by molar-refractivity contribution is 0.0463. The van der Waals surface area contributed by atoms with Crippen molar-refractivity contribution >= 4 is 12.1 Å². The van der Waals surface area contributed by atoms with Gasteiger partial charge in [-0.25, -0.2) is 14.0 Å². The van der Waals surface area contributed by atoms with Crippen LogP contribution in [0.1, 0.15) is 15.9 Å². The van der Waals surface area contributed by atoms with Gasteiger partial charge in [0.25, 0.3) is 0 Å². The summed E-state index contributed by atoms with van der Waals surface area (Å²) in [6.45, 7) is 1.82. The number of aryl methyl sites for hydroxylation is 1. The van der Waals surface area contributed by atoms with Gasteiger partial charge >= 0.3 is 12.1 Å². The number of hydrogen-bond acceptors (Lipinski definition) is 4. The van der Waals surface area contributed by atoms with Gasteiger partial charge in [0.15, 0.2) is 0 Å². The first-order chi connectivity index (χ1) is 8.56. The van der Waals surface area contributed by atoms with E-state index in [0.29, 0.717) is 0 Å². The summed E-state index contributed by atoms with van der Waals surface area (Å²) in [5.41, 5.74) is 0.603. The van der Waals surface area contributed by atoms with E-state index in [4.69, 9.17) is 4.74 Å². The van der Waals surface area contributed by atoms with Crippen molar-refractivity contribution in [1.29, 1.82) is 0 Å². The van der Waals surface area contributed by atoms with E-state index in [1.54, 1.807) is 13.0 Å². The maximum atomic E-state index is 13.5. The van der Waals surface area contributed by atoms with Gasteiger partial charge in [0.05, 0.1) is 5.56 Å². The molecule has 1 heterocycles. The molecule has 1 aliphatic heterocycles. The molecule has 0 aliphatic carbocycles. The smallest absolute Gasteiger partial charge is 0.407 e. The van der Waals surface area contributed by atoms with Crippen molar-refractivity contribution in [3.05, 3.63) is 35.1 Å². The summed E-state index contributed by atoms with van der Waals surface area (Å²) in [6.07, 6.45) is -0.544. The number of halogens is 1. The minimum absolute atomic E-state index is 0.0438. The number of carbonyl (C=O) groups excluding carboxylic acids is 2. The molecule has 0 bridgehead atoms. The fraction of sp³-hybridized carbons (Fsp3) is 0.333. The molecule has 1 N–H and O–H groups in total. The Morgan fingerprint density at radius 3 is 3.00 bits per heavy atom. The molecule has 1 aromatic carbocycles. The van der Waals surface area contributed by atoms with Crippen molar-refractivity contribution in [3.8, 4) is 0 Å². The molecule has 0 unspecified atom stereocenters. The van der Waals surface area contributed by atoms with Gasteiger partial charge in [-0.1, -0.05) is 6.07 Å². The molecule has 1 saturated heterocycles. The second-order valence-electron chi connectivity index (χ2n) is 4.02. The van der Waals surface area contributed by atoms with E-state index in [2.05, 4.69) is 10.1 Å². The molecule has 1 aliphatic rings. The van der Waals surface area contributed by atoms with Crippen LogP contribution in [0, 0.1) is 12.7 Å². The average Bonchev–Trinajstić information content (AvgIpc) is 2.72. The molecular weight excluding hydrogens is 241 g/mol. The molecule has 6 heteroatoms. The predicted octanol–water partition coefficient (Wildman–Crippen LogP) is 1.40. The van der Waals surface area contributed by atoms with E-state index < -0.39 is 17.9 Å². The minimum Gasteiger partial charge on any atom is -0.460 e.